The van der Waals surface area contributed by atoms with Crippen LogP contribution in [0.1, 0.15) is 18.1 Å². The first-order valence-electron chi connectivity index (χ1n) is 7.97. The maximum Gasteiger partial charge on any atom is 0.240 e. The van der Waals surface area contributed by atoms with Crippen molar-refractivity contribution in [3.05, 3.63) is 65.7 Å². The molecule has 0 unspecified atom stereocenters. The Morgan fingerprint density at radius 1 is 1.08 bits per heavy atom. The van der Waals surface area contributed by atoms with Crippen molar-refractivity contribution in [2.45, 2.75) is 24.5 Å². The van der Waals surface area contributed by atoms with Crippen LogP contribution in [0.25, 0.3) is 0 Å². The predicted octanol–water partition coefficient (Wildman–Crippen LogP) is 2.66. The predicted molar refractivity (Wildman–Crippen MR) is 98.0 cm³/mol. The fourth-order valence-electron chi connectivity index (χ4n) is 2.52. The molecule has 1 amide bonds. The molecule has 1 atom stereocenters. The average Bonchev–Trinajstić information content (AvgIpc) is 2.61. The molecule has 0 fully saturated rings. The van der Waals surface area contributed by atoms with Gasteiger partial charge in [-0.25, -0.2) is 8.42 Å². The molecule has 0 heterocycles. The standard InChI is InChI=1S/C19H23NO4S/c1-15(19(21)20(2)13-16-8-5-4-6-9-16)25(22,23)14-17-10-7-11-18(12-17)24-3/h4-12,15H,13-14H2,1-3H3/t15-/m0/s1. The maximum absolute atomic E-state index is 12.6. The number of rotatable bonds is 7. The number of sulfone groups is 1. The molecule has 0 bridgehead atoms. The zero-order chi connectivity index (χ0) is 18.4. The van der Waals surface area contributed by atoms with Gasteiger partial charge in [0, 0.05) is 13.6 Å². The molecule has 0 aliphatic heterocycles. The lowest BCUT2D eigenvalue weighted by atomic mass is 10.2. The number of ether oxygens (including phenoxy) is 1. The van der Waals surface area contributed by atoms with Crippen LogP contribution < -0.4 is 4.74 Å². The summed E-state index contributed by atoms with van der Waals surface area (Å²) in [5.74, 6) is -0.0179. The van der Waals surface area contributed by atoms with Crippen LogP contribution in [0.5, 0.6) is 5.75 Å². The Labute approximate surface area is 149 Å². The number of hydrogen-bond donors (Lipinski definition) is 0. The zero-order valence-corrected chi connectivity index (χ0v) is 15.5. The van der Waals surface area contributed by atoms with Gasteiger partial charge in [0.15, 0.2) is 9.84 Å². The molecule has 134 valence electrons. The molecule has 2 aromatic carbocycles. The van der Waals surface area contributed by atoms with Gasteiger partial charge in [0.25, 0.3) is 0 Å². The second-order valence-corrected chi connectivity index (χ2v) is 8.30. The normalized spacial score (nSPS) is 12.4. The molecule has 0 radical (unpaired) electrons. The summed E-state index contributed by atoms with van der Waals surface area (Å²) in [6.07, 6.45) is 0. The van der Waals surface area contributed by atoms with E-state index in [0.717, 1.165) is 5.56 Å². The number of methoxy groups -OCH3 is 1. The lowest BCUT2D eigenvalue weighted by molar-refractivity contribution is -0.129. The molecule has 25 heavy (non-hydrogen) atoms. The second-order valence-electron chi connectivity index (χ2n) is 5.98. The van der Waals surface area contributed by atoms with Crippen LogP contribution in [-0.4, -0.2) is 38.6 Å². The molecule has 0 N–H and O–H groups in total. The molecule has 0 aliphatic carbocycles. The van der Waals surface area contributed by atoms with Crippen LogP contribution in [0.2, 0.25) is 0 Å². The van der Waals surface area contributed by atoms with Crippen LogP contribution >= 0.6 is 0 Å². The minimum atomic E-state index is -3.62. The van der Waals surface area contributed by atoms with Gasteiger partial charge < -0.3 is 9.64 Å². The molecule has 0 saturated heterocycles. The molecular formula is C19H23NO4S. The van der Waals surface area contributed by atoms with Gasteiger partial charge in [-0.3, -0.25) is 4.79 Å². The van der Waals surface area contributed by atoms with Crippen LogP contribution in [-0.2, 0) is 26.9 Å². The van der Waals surface area contributed by atoms with Gasteiger partial charge >= 0.3 is 0 Å². The maximum atomic E-state index is 12.6. The first-order valence-corrected chi connectivity index (χ1v) is 9.68. The average molecular weight is 361 g/mol. The van der Waals surface area contributed by atoms with Gasteiger partial charge in [-0.2, -0.15) is 0 Å². The Bertz CT molecular complexity index is 818. The molecule has 0 spiro atoms. The third-order valence-corrected chi connectivity index (χ3v) is 6.04. The van der Waals surface area contributed by atoms with E-state index in [4.69, 9.17) is 4.74 Å². The fourth-order valence-corrected chi connectivity index (χ4v) is 3.90. The monoisotopic (exact) mass is 361 g/mol. The molecular weight excluding hydrogens is 338 g/mol. The summed E-state index contributed by atoms with van der Waals surface area (Å²) in [6.45, 7) is 1.82. The highest BCUT2D eigenvalue weighted by Gasteiger charge is 2.30. The van der Waals surface area contributed by atoms with Gasteiger partial charge in [-0.1, -0.05) is 42.5 Å². The Hall–Kier alpha value is -2.34. The quantitative estimate of drug-likeness (QED) is 0.761. The van der Waals surface area contributed by atoms with Gasteiger partial charge in [-0.05, 0) is 30.2 Å². The van der Waals surface area contributed by atoms with Gasteiger partial charge in [0.2, 0.25) is 5.91 Å². The largest absolute Gasteiger partial charge is 0.497 e. The molecule has 2 rings (SSSR count). The van der Waals surface area contributed by atoms with Crippen LogP contribution in [0.4, 0.5) is 0 Å². The van der Waals surface area contributed by atoms with Crippen molar-refractivity contribution in [1.29, 1.82) is 0 Å². The SMILES string of the molecule is COc1cccc(CS(=O)(=O)[C@@H](C)C(=O)N(C)Cc2ccccc2)c1. The van der Waals surface area contributed by atoms with Crippen molar-refractivity contribution in [1.82, 2.24) is 4.90 Å². The molecule has 0 aromatic heterocycles. The highest BCUT2D eigenvalue weighted by Crippen LogP contribution is 2.18. The van der Waals surface area contributed by atoms with Crippen molar-refractivity contribution >= 4 is 15.7 Å². The minimum Gasteiger partial charge on any atom is -0.497 e. The van der Waals surface area contributed by atoms with Crippen molar-refractivity contribution in [3.63, 3.8) is 0 Å². The van der Waals surface area contributed by atoms with Crippen molar-refractivity contribution in [2.75, 3.05) is 14.2 Å². The van der Waals surface area contributed by atoms with E-state index >= 15 is 0 Å². The number of benzene rings is 2. The van der Waals surface area contributed by atoms with Crippen molar-refractivity contribution < 1.29 is 17.9 Å². The number of carbonyl (C=O) groups is 1. The van der Waals surface area contributed by atoms with Crippen LogP contribution in [0.3, 0.4) is 0 Å². The summed E-state index contributed by atoms with van der Waals surface area (Å²) >= 11 is 0. The minimum absolute atomic E-state index is 0.198. The van der Waals surface area contributed by atoms with Gasteiger partial charge in [-0.15, -0.1) is 0 Å². The third kappa shape index (κ3) is 5.06. The number of amides is 1. The number of hydrogen-bond acceptors (Lipinski definition) is 4. The highest BCUT2D eigenvalue weighted by molar-refractivity contribution is 7.92. The van der Waals surface area contributed by atoms with Crippen molar-refractivity contribution in [2.24, 2.45) is 0 Å². The van der Waals surface area contributed by atoms with E-state index in [1.165, 1.54) is 18.9 Å². The Morgan fingerprint density at radius 2 is 1.72 bits per heavy atom. The van der Waals surface area contributed by atoms with E-state index < -0.39 is 21.0 Å². The summed E-state index contributed by atoms with van der Waals surface area (Å²) in [6, 6.07) is 16.3. The summed E-state index contributed by atoms with van der Waals surface area (Å²) in [7, 11) is -0.478. The molecule has 6 heteroatoms. The zero-order valence-electron chi connectivity index (χ0n) is 14.7. The number of carbonyl (C=O) groups excluding carboxylic acids is 1. The smallest absolute Gasteiger partial charge is 0.240 e. The highest BCUT2D eigenvalue weighted by atomic mass is 32.2. The van der Waals surface area contributed by atoms with E-state index in [-0.39, 0.29) is 5.75 Å². The van der Waals surface area contributed by atoms with E-state index in [2.05, 4.69) is 0 Å². The van der Waals surface area contributed by atoms with Crippen LogP contribution in [0.15, 0.2) is 54.6 Å². The molecule has 2 aromatic rings. The summed E-state index contributed by atoms with van der Waals surface area (Å²) in [4.78, 5) is 14.0. The van der Waals surface area contributed by atoms with E-state index in [9.17, 15) is 13.2 Å². The Morgan fingerprint density at radius 3 is 2.36 bits per heavy atom. The molecule has 0 aliphatic rings. The van der Waals surface area contributed by atoms with E-state index in [1.807, 2.05) is 30.3 Å². The van der Waals surface area contributed by atoms with E-state index in [0.29, 0.717) is 17.9 Å². The molecule has 5 nitrogen and oxygen atoms in total. The van der Waals surface area contributed by atoms with E-state index in [1.54, 1.807) is 31.3 Å². The summed E-state index contributed by atoms with van der Waals surface area (Å²) < 4.78 is 30.3. The first kappa shape index (κ1) is 19.0. The molecule has 0 saturated carbocycles. The summed E-state index contributed by atoms with van der Waals surface area (Å²) in [5, 5.41) is -1.10. The number of nitrogens with zero attached hydrogens (tertiary/aromatic N) is 1. The first-order chi connectivity index (χ1) is 11.8. The lowest BCUT2D eigenvalue weighted by Crippen LogP contribution is -2.39. The topological polar surface area (TPSA) is 63.7 Å². The fraction of sp³-hybridized carbons (Fsp3) is 0.316. The Balaban J connectivity index is 2.08. The lowest BCUT2D eigenvalue weighted by Gasteiger charge is -2.21. The Kier molecular flexibility index (Phi) is 6.20. The second kappa shape index (κ2) is 8.16. The van der Waals surface area contributed by atoms with Gasteiger partial charge in [0.05, 0.1) is 12.9 Å². The third-order valence-electron chi connectivity index (χ3n) is 4.03. The summed E-state index contributed by atoms with van der Waals surface area (Å²) in [5.41, 5.74) is 1.56. The van der Waals surface area contributed by atoms with Crippen molar-refractivity contribution in [3.8, 4) is 5.75 Å². The van der Waals surface area contributed by atoms with Gasteiger partial charge in [0.1, 0.15) is 11.0 Å². The van der Waals surface area contributed by atoms with Crippen LogP contribution in [0, 0.1) is 0 Å².